The van der Waals surface area contributed by atoms with Gasteiger partial charge in [0.1, 0.15) is 11.4 Å². The molecule has 80 valence electrons. The Bertz CT molecular complexity index is 475. The summed E-state index contributed by atoms with van der Waals surface area (Å²) < 4.78 is 1.14. The van der Waals surface area contributed by atoms with Gasteiger partial charge in [0.2, 0.25) is 0 Å². The molecule has 0 bridgehead atoms. The van der Waals surface area contributed by atoms with Crippen LogP contribution in [0.1, 0.15) is 5.56 Å². The Morgan fingerprint density at radius 2 is 1.69 bits per heavy atom. The second-order valence-electron chi connectivity index (χ2n) is 3.27. The molecule has 0 atom stereocenters. The fourth-order valence-corrected chi connectivity index (χ4v) is 1.82. The number of phenolic OH excluding ortho intramolecular Hbond substituents is 1. The average molecular weight is 323 g/mol. The maximum absolute atomic E-state index is 9.54. The molecule has 0 unspecified atom stereocenters. The highest BCUT2D eigenvalue weighted by Gasteiger charge is 1.97. The third-order valence-corrected chi connectivity index (χ3v) is 3.11. The Labute approximate surface area is 108 Å². The Morgan fingerprint density at radius 1 is 1.00 bits per heavy atom. The first-order valence-corrected chi connectivity index (χ1v) is 5.92. The third-order valence-electron chi connectivity index (χ3n) is 2.13. The average Bonchev–Trinajstić information content (AvgIpc) is 2.30. The van der Waals surface area contributed by atoms with E-state index in [1.54, 1.807) is 24.4 Å². The molecule has 2 aromatic rings. The fraction of sp³-hybridized carbons (Fsp3) is 0. The smallest absolute Gasteiger partial charge is 0.141 e. The topological polar surface area (TPSA) is 32.6 Å². The molecule has 0 heterocycles. The molecule has 0 aromatic heterocycles. The van der Waals surface area contributed by atoms with Crippen molar-refractivity contribution in [1.29, 1.82) is 0 Å². The third kappa shape index (κ3) is 2.61. The molecular weight excluding hydrogens is 313 g/mol. The summed E-state index contributed by atoms with van der Waals surface area (Å²) in [6, 6.07) is 15.0. The summed E-state index contributed by atoms with van der Waals surface area (Å²) in [5.74, 6) is 0.199. The van der Waals surface area contributed by atoms with Crippen LogP contribution in [0, 0.1) is 3.57 Å². The summed E-state index contributed by atoms with van der Waals surface area (Å²) in [6.45, 7) is 0. The molecule has 0 aliphatic rings. The Kier molecular flexibility index (Phi) is 3.56. The second kappa shape index (κ2) is 5.12. The van der Waals surface area contributed by atoms with E-state index in [9.17, 15) is 5.11 Å². The van der Waals surface area contributed by atoms with Crippen LogP contribution in [0.5, 0.6) is 5.75 Å². The van der Waals surface area contributed by atoms with E-state index >= 15 is 0 Å². The van der Waals surface area contributed by atoms with Gasteiger partial charge in [-0.15, -0.1) is 0 Å². The van der Waals surface area contributed by atoms with Crippen molar-refractivity contribution in [1.82, 2.24) is 0 Å². The van der Waals surface area contributed by atoms with Crippen molar-refractivity contribution >= 4 is 34.5 Å². The zero-order valence-electron chi connectivity index (χ0n) is 8.47. The van der Waals surface area contributed by atoms with Gasteiger partial charge in [0.25, 0.3) is 0 Å². The highest BCUT2D eigenvalue weighted by molar-refractivity contribution is 14.1. The van der Waals surface area contributed by atoms with E-state index in [4.69, 9.17) is 0 Å². The first-order chi connectivity index (χ1) is 7.77. The molecule has 0 aliphatic carbocycles. The molecule has 0 saturated heterocycles. The number of phenols is 1. The zero-order valence-corrected chi connectivity index (χ0v) is 10.6. The summed E-state index contributed by atoms with van der Waals surface area (Å²) in [4.78, 5) is 4.26. The largest absolute Gasteiger partial charge is 0.506 e. The number of halogens is 1. The fourth-order valence-electron chi connectivity index (χ4n) is 1.29. The molecule has 2 nitrogen and oxygen atoms in total. The van der Waals surface area contributed by atoms with Gasteiger partial charge in [0.05, 0.1) is 0 Å². The van der Waals surface area contributed by atoms with Crippen molar-refractivity contribution in [2.45, 2.75) is 0 Å². The van der Waals surface area contributed by atoms with Gasteiger partial charge < -0.3 is 5.11 Å². The van der Waals surface area contributed by atoms with Crippen LogP contribution < -0.4 is 0 Å². The maximum Gasteiger partial charge on any atom is 0.141 e. The molecule has 0 saturated carbocycles. The van der Waals surface area contributed by atoms with Crippen LogP contribution in [0.25, 0.3) is 0 Å². The normalized spacial score (nSPS) is 10.8. The van der Waals surface area contributed by atoms with Crippen LogP contribution in [0.15, 0.2) is 53.5 Å². The maximum atomic E-state index is 9.54. The standard InChI is InChI=1S/C13H10INO/c14-11-6-2-1-5-10(11)9-15-12-7-3-4-8-13(12)16/h1-9,16H/b15-9+. The van der Waals surface area contributed by atoms with Crippen LogP contribution in [0.4, 0.5) is 5.69 Å². The lowest BCUT2D eigenvalue weighted by Crippen LogP contribution is -1.84. The lowest BCUT2D eigenvalue weighted by atomic mass is 10.2. The Balaban J connectivity index is 2.29. The van der Waals surface area contributed by atoms with Crippen LogP contribution in [0.2, 0.25) is 0 Å². The van der Waals surface area contributed by atoms with Gasteiger partial charge in [0, 0.05) is 15.3 Å². The van der Waals surface area contributed by atoms with Crippen molar-refractivity contribution in [3.8, 4) is 5.75 Å². The molecule has 0 fully saturated rings. The number of aliphatic imine (C=N–C) groups is 1. The number of rotatable bonds is 2. The van der Waals surface area contributed by atoms with E-state index in [1.807, 2.05) is 30.3 Å². The van der Waals surface area contributed by atoms with E-state index in [0.29, 0.717) is 5.69 Å². The summed E-state index contributed by atoms with van der Waals surface area (Å²) in [5, 5.41) is 9.54. The minimum Gasteiger partial charge on any atom is -0.506 e. The second-order valence-corrected chi connectivity index (χ2v) is 4.43. The molecule has 2 rings (SSSR count). The molecule has 1 N–H and O–H groups in total. The molecule has 2 aromatic carbocycles. The molecule has 16 heavy (non-hydrogen) atoms. The quantitative estimate of drug-likeness (QED) is 0.663. The minimum atomic E-state index is 0.199. The monoisotopic (exact) mass is 323 g/mol. The molecule has 0 amide bonds. The van der Waals surface area contributed by atoms with Crippen molar-refractivity contribution in [3.63, 3.8) is 0 Å². The van der Waals surface area contributed by atoms with Crippen LogP contribution >= 0.6 is 22.6 Å². The predicted octanol–water partition coefficient (Wildman–Crippen LogP) is 3.75. The van der Waals surface area contributed by atoms with Crippen molar-refractivity contribution in [2.75, 3.05) is 0 Å². The summed E-state index contributed by atoms with van der Waals surface area (Å²) >= 11 is 2.26. The van der Waals surface area contributed by atoms with Crippen molar-refractivity contribution in [3.05, 3.63) is 57.7 Å². The van der Waals surface area contributed by atoms with Gasteiger partial charge in [-0.3, -0.25) is 4.99 Å². The van der Waals surface area contributed by atoms with Gasteiger partial charge >= 0.3 is 0 Å². The predicted molar refractivity (Wildman–Crippen MR) is 74.5 cm³/mol. The minimum absolute atomic E-state index is 0.199. The summed E-state index contributed by atoms with van der Waals surface area (Å²) in [5.41, 5.74) is 1.63. The summed E-state index contributed by atoms with van der Waals surface area (Å²) in [6.07, 6.45) is 1.76. The highest BCUT2D eigenvalue weighted by Crippen LogP contribution is 2.24. The highest BCUT2D eigenvalue weighted by atomic mass is 127. The van der Waals surface area contributed by atoms with Crippen molar-refractivity contribution < 1.29 is 5.11 Å². The Morgan fingerprint density at radius 3 is 2.44 bits per heavy atom. The first-order valence-electron chi connectivity index (χ1n) is 4.84. The van der Waals surface area contributed by atoms with E-state index in [-0.39, 0.29) is 5.75 Å². The van der Waals surface area contributed by atoms with E-state index < -0.39 is 0 Å². The van der Waals surface area contributed by atoms with Crippen LogP contribution in [0.3, 0.4) is 0 Å². The SMILES string of the molecule is Oc1ccccc1/N=C/c1ccccc1I. The van der Waals surface area contributed by atoms with Crippen LogP contribution in [-0.4, -0.2) is 11.3 Å². The number of hydrogen-bond acceptors (Lipinski definition) is 2. The molecule has 3 heteroatoms. The first kappa shape index (κ1) is 11.1. The van der Waals surface area contributed by atoms with Gasteiger partial charge in [-0.2, -0.15) is 0 Å². The number of nitrogens with zero attached hydrogens (tertiary/aromatic N) is 1. The van der Waals surface area contributed by atoms with Gasteiger partial charge in [0.15, 0.2) is 0 Å². The van der Waals surface area contributed by atoms with Crippen molar-refractivity contribution in [2.24, 2.45) is 4.99 Å². The molecule has 0 aliphatic heterocycles. The van der Waals surface area contributed by atoms with Gasteiger partial charge in [-0.05, 0) is 40.8 Å². The van der Waals surface area contributed by atoms with E-state index in [1.165, 1.54) is 0 Å². The molecular formula is C13H10INO. The molecule has 0 radical (unpaired) electrons. The zero-order chi connectivity index (χ0) is 11.4. The number of benzene rings is 2. The lowest BCUT2D eigenvalue weighted by Gasteiger charge is -1.98. The summed E-state index contributed by atoms with van der Waals surface area (Å²) in [7, 11) is 0. The van der Waals surface area contributed by atoms with E-state index in [2.05, 4.69) is 27.6 Å². The number of para-hydroxylation sites is 2. The van der Waals surface area contributed by atoms with E-state index in [0.717, 1.165) is 9.13 Å². The lowest BCUT2D eigenvalue weighted by molar-refractivity contribution is 0.477. The molecule has 0 spiro atoms. The van der Waals surface area contributed by atoms with Gasteiger partial charge in [-0.1, -0.05) is 30.3 Å². The number of aromatic hydroxyl groups is 1. The number of hydrogen-bond donors (Lipinski definition) is 1. The van der Waals surface area contributed by atoms with Gasteiger partial charge in [-0.25, -0.2) is 0 Å². The Hall–Kier alpha value is -1.36. The van der Waals surface area contributed by atoms with Crippen LogP contribution in [-0.2, 0) is 0 Å².